The van der Waals surface area contributed by atoms with Crippen molar-refractivity contribution in [1.82, 2.24) is 4.90 Å². The molecule has 1 saturated heterocycles. The van der Waals surface area contributed by atoms with Crippen LogP contribution in [0.5, 0.6) is 0 Å². The minimum Gasteiger partial charge on any atom is -0.332 e. The molecule has 1 aliphatic carbocycles. The van der Waals surface area contributed by atoms with Gasteiger partial charge in [0.1, 0.15) is 11.1 Å². The van der Waals surface area contributed by atoms with Crippen molar-refractivity contribution in [1.29, 1.82) is 5.26 Å². The number of rotatable bonds is 5. The van der Waals surface area contributed by atoms with E-state index in [1.165, 1.54) is 9.78 Å². The number of nitriles is 1. The molecule has 0 bridgehead atoms. The van der Waals surface area contributed by atoms with Crippen LogP contribution in [0.25, 0.3) is 0 Å². The fraction of sp³-hybridized carbons (Fsp3) is 0.435. The third-order valence-corrected chi connectivity index (χ3v) is 7.23. The molecular formula is C23H27N4O2S+. The van der Waals surface area contributed by atoms with E-state index in [9.17, 15) is 14.9 Å². The third kappa shape index (κ3) is 4.55. The average molecular weight is 424 g/mol. The summed E-state index contributed by atoms with van der Waals surface area (Å²) >= 11 is 1.57. The van der Waals surface area contributed by atoms with Crippen LogP contribution >= 0.6 is 11.3 Å². The number of piperazine rings is 1. The highest BCUT2D eigenvalue weighted by atomic mass is 32.1. The Labute approximate surface area is 181 Å². The molecule has 1 aromatic heterocycles. The molecule has 2 amide bonds. The zero-order valence-electron chi connectivity index (χ0n) is 17.1. The number of thiophene rings is 1. The Balaban J connectivity index is 1.25. The van der Waals surface area contributed by atoms with Gasteiger partial charge in [0.2, 0.25) is 5.91 Å². The SMILES string of the molecule is N#Cc1c(NC(=O)CC[NH+]2CCN(C(=O)c3ccccc3)CC2)sc2c1CCCC2. The van der Waals surface area contributed by atoms with Crippen molar-refractivity contribution in [2.45, 2.75) is 32.1 Å². The maximum atomic E-state index is 12.5. The first-order valence-corrected chi connectivity index (χ1v) is 11.5. The summed E-state index contributed by atoms with van der Waals surface area (Å²) in [5.41, 5.74) is 2.55. The molecule has 0 unspecified atom stereocenters. The highest BCUT2D eigenvalue weighted by Gasteiger charge is 2.25. The molecule has 2 heterocycles. The van der Waals surface area contributed by atoms with Crippen molar-refractivity contribution in [2.24, 2.45) is 0 Å². The van der Waals surface area contributed by atoms with Crippen LogP contribution in [0, 0.1) is 11.3 Å². The van der Waals surface area contributed by atoms with Gasteiger partial charge < -0.3 is 15.1 Å². The van der Waals surface area contributed by atoms with E-state index in [2.05, 4.69) is 11.4 Å². The molecular weight excluding hydrogens is 396 g/mol. The van der Waals surface area contributed by atoms with Gasteiger partial charge in [-0.1, -0.05) is 18.2 Å². The molecule has 2 aliphatic rings. The number of nitrogens with zero attached hydrogens (tertiary/aromatic N) is 2. The summed E-state index contributed by atoms with van der Waals surface area (Å²) in [6.45, 7) is 3.86. The van der Waals surface area contributed by atoms with Gasteiger partial charge in [-0.2, -0.15) is 5.26 Å². The maximum absolute atomic E-state index is 12.5. The molecule has 0 radical (unpaired) electrons. The van der Waals surface area contributed by atoms with Crippen LogP contribution in [-0.2, 0) is 17.6 Å². The van der Waals surface area contributed by atoms with E-state index in [1.54, 1.807) is 11.3 Å². The molecule has 156 valence electrons. The van der Waals surface area contributed by atoms with Crippen molar-refractivity contribution in [3.8, 4) is 6.07 Å². The van der Waals surface area contributed by atoms with Crippen molar-refractivity contribution in [2.75, 3.05) is 38.0 Å². The van der Waals surface area contributed by atoms with E-state index in [1.807, 2.05) is 35.2 Å². The monoisotopic (exact) mass is 423 g/mol. The van der Waals surface area contributed by atoms with Crippen molar-refractivity contribution >= 4 is 28.2 Å². The number of hydrogen-bond acceptors (Lipinski definition) is 4. The van der Waals surface area contributed by atoms with E-state index in [0.29, 0.717) is 25.1 Å². The first-order valence-electron chi connectivity index (χ1n) is 10.7. The Bertz CT molecular complexity index is 956. The molecule has 1 aliphatic heterocycles. The van der Waals surface area contributed by atoms with E-state index in [4.69, 9.17) is 0 Å². The van der Waals surface area contributed by atoms with E-state index >= 15 is 0 Å². The van der Waals surface area contributed by atoms with E-state index in [-0.39, 0.29) is 11.8 Å². The van der Waals surface area contributed by atoms with Crippen molar-refractivity contribution in [3.05, 3.63) is 51.9 Å². The van der Waals surface area contributed by atoms with Crippen molar-refractivity contribution in [3.63, 3.8) is 0 Å². The lowest BCUT2D eigenvalue weighted by Crippen LogP contribution is -3.15. The predicted octanol–water partition coefficient (Wildman–Crippen LogP) is 1.87. The summed E-state index contributed by atoms with van der Waals surface area (Å²) in [6, 6.07) is 11.7. The quantitative estimate of drug-likeness (QED) is 0.771. The van der Waals surface area contributed by atoms with E-state index in [0.717, 1.165) is 61.4 Å². The molecule has 4 rings (SSSR count). The number of benzene rings is 1. The van der Waals surface area contributed by atoms with Gasteiger partial charge in [-0.05, 0) is 43.4 Å². The molecule has 7 heteroatoms. The minimum atomic E-state index is -0.0274. The summed E-state index contributed by atoms with van der Waals surface area (Å²) in [5, 5.41) is 13.2. The van der Waals surface area contributed by atoms with Gasteiger partial charge in [-0.3, -0.25) is 9.59 Å². The minimum absolute atomic E-state index is 0.0274. The van der Waals surface area contributed by atoms with Crippen LogP contribution < -0.4 is 10.2 Å². The lowest BCUT2D eigenvalue weighted by atomic mass is 9.96. The largest absolute Gasteiger partial charge is 0.332 e. The lowest BCUT2D eigenvalue weighted by Gasteiger charge is -2.32. The van der Waals surface area contributed by atoms with Gasteiger partial charge in [0, 0.05) is 10.4 Å². The van der Waals surface area contributed by atoms with Gasteiger partial charge in [0.25, 0.3) is 5.91 Å². The molecule has 1 fully saturated rings. The fourth-order valence-corrected chi connectivity index (χ4v) is 5.55. The van der Waals surface area contributed by atoms with Gasteiger partial charge in [-0.25, -0.2) is 0 Å². The highest BCUT2D eigenvalue weighted by Crippen LogP contribution is 2.37. The molecule has 0 atom stereocenters. The Morgan fingerprint density at radius 3 is 2.60 bits per heavy atom. The van der Waals surface area contributed by atoms with Gasteiger partial charge in [0.15, 0.2) is 0 Å². The van der Waals surface area contributed by atoms with Gasteiger partial charge in [0.05, 0.1) is 44.7 Å². The summed E-state index contributed by atoms with van der Waals surface area (Å²) < 4.78 is 0. The van der Waals surface area contributed by atoms with Crippen LogP contribution in [-0.4, -0.2) is 49.4 Å². The van der Waals surface area contributed by atoms with Crippen LogP contribution in [0.4, 0.5) is 5.00 Å². The number of hydrogen-bond donors (Lipinski definition) is 2. The predicted molar refractivity (Wildman–Crippen MR) is 117 cm³/mol. The van der Waals surface area contributed by atoms with Gasteiger partial charge >= 0.3 is 0 Å². The zero-order valence-corrected chi connectivity index (χ0v) is 17.9. The molecule has 6 nitrogen and oxygen atoms in total. The molecule has 0 spiro atoms. The Hall–Kier alpha value is -2.69. The number of anilines is 1. The number of quaternary nitrogens is 1. The van der Waals surface area contributed by atoms with Gasteiger partial charge in [-0.15, -0.1) is 11.3 Å². The number of carbonyl (C=O) groups is 2. The highest BCUT2D eigenvalue weighted by molar-refractivity contribution is 7.16. The second-order valence-electron chi connectivity index (χ2n) is 7.98. The summed E-state index contributed by atoms with van der Waals surface area (Å²) in [7, 11) is 0. The molecule has 1 aromatic carbocycles. The fourth-order valence-electron chi connectivity index (χ4n) is 4.29. The number of fused-ring (bicyclic) bond motifs is 1. The Morgan fingerprint density at radius 1 is 1.13 bits per heavy atom. The summed E-state index contributed by atoms with van der Waals surface area (Å²) in [4.78, 5) is 29.5. The normalized spacial score (nSPS) is 16.6. The number of aryl methyl sites for hydroxylation is 1. The average Bonchev–Trinajstić information content (AvgIpc) is 3.15. The lowest BCUT2D eigenvalue weighted by molar-refractivity contribution is -0.903. The Kier molecular flexibility index (Phi) is 6.46. The molecule has 0 saturated carbocycles. The summed E-state index contributed by atoms with van der Waals surface area (Å²) in [6.07, 6.45) is 4.67. The van der Waals surface area contributed by atoms with Crippen LogP contribution in [0.15, 0.2) is 30.3 Å². The summed E-state index contributed by atoms with van der Waals surface area (Å²) in [5.74, 6) is 0.0541. The van der Waals surface area contributed by atoms with Crippen LogP contribution in [0.2, 0.25) is 0 Å². The first kappa shape index (κ1) is 20.6. The van der Waals surface area contributed by atoms with Crippen LogP contribution in [0.3, 0.4) is 0 Å². The van der Waals surface area contributed by atoms with Crippen LogP contribution in [0.1, 0.15) is 45.6 Å². The smallest absolute Gasteiger partial charge is 0.254 e. The number of nitrogens with one attached hydrogen (secondary N) is 2. The Morgan fingerprint density at radius 2 is 1.87 bits per heavy atom. The topological polar surface area (TPSA) is 77.6 Å². The standard InChI is InChI=1S/C23H26N4O2S/c24-16-19-18-8-4-5-9-20(18)30-22(19)25-21(28)10-11-26-12-14-27(15-13-26)23(29)17-6-2-1-3-7-17/h1-3,6-7H,4-5,8-15H2,(H,25,28)/p+1. The third-order valence-electron chi connectivity index (χ3n) is 6.02. The second-order valence-corrected chi connectivity index (χ2v) is 9.09. The zero-order chi connectivity index (χ0) is 20.9. The first-order chi connectivity index (χ1) is 14.7. The number of amides is 2. The molecule has 30 heavy (non-hydrogen) atoms. The number of carbonyl (C=O) groups excluding carboxylic acids is 2. The molecule has 2 N–H and O–H groups in total. The van der Waals surface area contributed by atoms with Crippen molar-refractivity contribution < 1.29 is 14.5 Å². The maximum Gasteiger partial charge on any atom is 0.254 e. The van der Waals surface area contributed by atoms with E-state index < -0.39 is 0 Å². The second kappa shape index (κ2) is 9.41. The molecule has 2 aromatic rings.